The fraction of sp³-hybridized carbons (Fsp3) is 0.467. The maximum atomic E-state index is 13.4. The number of rotatable bonds is 2. The fourth-order valence-corrected chi connectivity index (χ4v) is 4.31. The number of benzene rings is 1. The molecular formula is C15H18BrF3S. The Bertz CT molecular complexity index is 597. The Hall–Kier alpha value is -0.550. The molecule has 0 saturated carbocycles. The molecule has 0 spiro atoms. The molecule has 112 valence electrons. The van der Waals surface area contributed by atoms with Crippen LogP contribution < -0.4 is 17.0 Å². The van der Waals surface area contributed by atoms with Crippen LogP contribution in [0.5, 0.6) is 0 Å². The van der Waals surface area contributed by atoms with Gasteiger partial charge in [-0.2, -0.15) is 0 Å². The molecule has 1 atom stereocenters. The molecule has 5 heteroatoms. The lowest BCUT2D eigenvalue weighted by Gasteiger charge is -2.05. The van der Waals surface area contributed by atoms with Gasteiger partial charge in [-0.1, -0.05) is 33.8 Å². The normalized spacial score (nSPS) is 13.2. The van der Waals surface area contributed by atoms with Crippen molar-refractivity contribution in [3.8, 4) is 0 Å². The summed E-state index contributed by atoms with van der Waals surface area (Å²) in [7, 11) is -1.75. The topological polar surface area (TPSA) is 0 Å². The monoisotopic (exact) mass is 366 g/mol. The number of fused-ring (bicyclic) bond motifs is 1. The minimum absolute atomic E-state index is 0. The molecule has 1 aromatic carbocycles. The number of thiophene rings is 1. The molecule has 0 aliphatic carbocycles. The van der Waals surface area contributed by atoms with E-state index in [1.807, 2.05) is 39.8 Å². The van der Waals surface area contributed by atoms with Gasteiger partial charge in [0, 0.05) is 23.4 Å². The highest BCUT2D eigenvalue weighted by atomic mass is 79.9. The third-order valence-electron chi connectivity index (χ3n) is 3.26. The summed E-state index contributed by atoms with van der Waals surface area (Å²) in [5.74, 6) is 0.159. The molecule has 0 fully saturated rings. The van der Waals surface area contributed by atoms with E-state index in [2.05, 4.69) is 0 Å². The van der Waals surface area contributed by atoms with Crippen LogP contribution >= 0.6 is 10.5 Å². The van der Waals surface area contributed by atoms with E-state index < -0.39 is 16.0 Å². The van der Waals surface area contributed by atoms with Gasteiger partial charge < -0.3 is 17.0 Å². The predicted molar refractivity (Wildman–Crippen MR) is 75.9 cm³/mol. The maximum absolute atomic E-state index is 13.4. The number of halogens is 4. The van der Waals surface area contributed by atoms with Crippen molar-refractivity contribution in [2.24, 2.45) is 0 Å². The van der Waals surface area contributed by atoms with Crippen LogP contribution in [0.1, 0.15) is 50.0 Å². The summed E-state index contributed by atoms with van der Waals surface area (Å²) >= 11 is 0. The number of hydrogen-bond acceptors (Lipinski definition) is 0. The van der Waals surface area contributed by atoms with Crippen LogP contribution in [0.4, 0.5) is 13.2 Å². The van der Waals surface area contributed by atoms with E-state index >= 15 is 0 Å². The Morgan fingerprint density at radius 1 is 0.950 bits per heavy atom. The van der Waals surface area contributed by atoms with Crippen molar-refractivity contribution in [1.29, 1.82) is 0 Å². The van der Waals surface area contributed by atoms with E-state index in [4.69, 9.17) is 0 Å². The second-order valence-electron chi connectivity index (χ2n) is 5.41. The zero-order valence-corrected chi connectivity index (χ0v) is 14.3. The van der Waals surface area contributed by atoms with Crippen LogP contribution in [0, 0.1) is 0 Å². The van der Waals surface area contributed by atoms with Gasteiger partial charge in [0.05, 0.1) is 10.5 Å². The smallest absolute Gasteiger partial charge is 0.600 e. The molecule has 1 heterocycles. The highest BCUT2D eigenvalue weighted by molar-refractivity contribution is 7.38. The number of alkyl halides is 3. The summed E-state index contributed by atoms with van der Waals surface area (Å²) in [5.41, 5.74) is -3.21. The Labute approximate surface area is 130 Å². The zero-order chi connectivity index (χ0) is 14.4. The third kappa shape index (κ3) is 3.19. The first-order valence-corrected chi connectivity index (χ1v) is 7.61. The Morgan fingerprint density at radius 3 is 2.00 bits per heavy atom. The molecule has 0 N–H and O–H groups in total. The lowest BCUT2D eigenvalue weighted by molar-refractivity contribution is -0.0868. The Morgan fingerprint density at radius 2 is 1.55 bits per heavy atom. The first-order valence-electron chi connectivity index (χ1n) is 6.38. The second-order valence-corrected chi connectivity index (χ2v) is 7.39. The van der Waals surface area contributed by atoms with Gasteiger partial charge in [0.2, 0.25) is 0 Å². The highest BCUT2D eigenvalue weighted by Gasteiger charge is 2.48. The molecule has 0 saturated heterocycles. The molecule has 0 amide bonds. The second kappa shape index (κ2) is 6.06. The average Bonchev–Trinajstić information content (AvgIpc) is 2.66. The Balaban J connectivity index is 0.00000200. The highest BCUT2D eigenvalue weighted by Crippen LogP contribution is 2.53. The quantitative estimate of drug-likeness (QED) is 0.715. The van der Waals surface area contributed by atoms with Crippen molar-refractivity contribution in [3.05, 3.63) is 34.7 Å². The third-order valence-corrected chi connectivity index (χ3v) is 5.58. The largest absolute Gasteiger partial charge is 1.00 e. The van der Waals surface area contributed by atoms with Gasteiger partial charge >= 0.3 is 5.51 Å². The summed E-state index contributed by atoms with van der Waals surface area (Å²) in [6.45, 7) is 7.65. The molecule has 0 nitrogen and oxygen atoms in total. The van der Waals surface area contributed by atoms with Crippen molar-refractivity contribution >= 4 is 20.6 Å². The van der Waals surface area contributed by atoms with E-state index in [1.165, 1.54) is 0 Å². The van der Waals surface area contributed by atoms with Crippen LogP contribution in [0.2, 0.25) is 0 Å². The van der Waals surface area contributed by atoms with E-state index in [-0.39, 0.29) is 28.8 Å². The zero-order valence-electron chi connectivity index (χ0n) is 11.9. The first kappa shape index (κ1) is 17.5. The van der Waals surface area contributed by atoms with Crippen molar-refractivity contribution in [3.63, 3.8) is 0 Å². The van der Waals surface area contributed by atoms with Crippen LogP contribution in [-0.2, 0) is 5.51 Å². The molecule has 0 bridgehead atoms. The molecule has 0 aliphatic heterocycles. The molecule has 1 unspecified atom stereocenters. The van der Waals surface area contributed by atoms with Crippen LogP contribution in [0.15, 0.2) is 24.3 Å². The van der Waals surface area contributed by atoms with E-state index in [0.29, 0.717) is 9.58 Å². The summed E-state index contributed by atoms with van der Waals surface area (Å²) in [5, 5.41) is 0.730. The average molecular weight is 367 g/mol. The molecule has 0 aliphatic rings. The molecular weight excluding hydrogens is 349 g/mol. The van der Waals surface area contributed by atoms with Gasteiger partial charge in [0.1, 0.15) is 0 Å². The van der Waals surface area contributed by atoms with E-state index in [9.17, 15) is 13.2 Å². The van der Waals surface area contributed by atoms with E-state index in [1.54, 1.807) is 12.1 Å². The van der Waals surface area contributed by atoms with Gasteiger partial charge in [-0.05, 0) is 17.5 Å². The summed E-state index contributed by atoms with van der Waals surface area (Å²) in [6, 6.07) is 7.22. The standard InChI is InChI=1S/C15H18F3S.BrH/c1-9(2)11-5-6-12-8-13(10(3)4)19(14(12)7-11)15(16,17)18;/h5-10H,1-4H3;1H/q+1;/p-1. The molecule has 0 radical (unpaired) electrons. The summed E-state index contributed by atoms with van der Waals surface area (Å²) in [6.07, 6.45) is 0. The van der Waals surface area contributed by atoms with Gasteiger partial charge in [-0.15, -0.1) is 13.2 Å². The van der Waals surface area contributed by atoms with Gasteiger partial charge in [-0.3, -0.25) is 0 Å². The summed E-state index contributed by atoms with van der Waals surface area (Å²) in [4.78, 5) is 0.503. The van der Waals surface area contributed by atoms with Crippen molar-refractivity contribution in [2.75, 3.05) is 0 Å². The van der Waals surface area contributed by atoms with E-state index in [0.717, 1.165) is 10.9 Å². The van der Waals surface area contributed by atoms with Crippen molar-refractivity contribution in [1.82, 2.24) is 0 Å². The predicted octanol–water partition coefficient (Wildman–Crippen LogP) is 3.32. The molecule has 2 aromatic rings. The maximum Gasteiger partial charge on any atom is 0.600 e. The van der Waals surface area contributed by atoms with Gasteiger partial charge in [0.15, 0.2) is 9.58 Å². The van der Waals surface area contributed by atoms with Crippen LogP contribution in [-0.4, -0.2) is 0 Å². The van der Waals surface area contributed by atoms with Gasteiger partial charge in [-0.25, -0.2) is 0 Å². The van der Waals surface area contributed by atoms with Gasteiger partial charge in [0.25, 0.3) is 0 Å². The number of hydrogen-bond donors (Lipinski definition) is 0. The SMILES string of the molecule is CC(C)c1ccc2cc(C(C)C)[s+](C(F)(F)F)c2c1.[Br-]. The lowest BCUT2D eigenvalue weighted by atomic mass is 10.0. The fourth-order valence-electron chi connectivity index (χ4n) is 2.21. The molecule has 1 aromatic heterocycles. The minimum Gasteiger partial charge on any atom is -1.00 e. The molecule has 20 heavy (non-hydrogen) atoms. The molecule has 2 rings (SSSR count). The minimum atomic E-state index is -4.18. The lowest BCUT2D eigenvalue weighted by Crippen LogP contribution is -3.00. The van der Waals surface area contributed by atoms with Crippen LogP contribution in [0.3, 0.4) is 0 Å². The Kier molecular flexibility index (Phi) is 5.30. The van der Waals surface area contributed by atoms with Crippen LogP contribution in [0.25, 0.3) is 10.1 Å². The van der Waals surface area contributed by atoms with Crippen molar-refractivity contribution in [2.45, 2.75) is 45.0 Å². The first-order chi connectivity index (χ1) is 8.71. The summed E-state index contributed by atoms with van der Waals surface area (Å²) < 4.78 is 40.5. The van der Waals surface area contributed by atoms with Crippen molar-refractivity contribution < 1.29 is 30.2 Å².